The molecule has 1 aliphatic rings. The van der Waals surface area contributed by atoms with Crippen LogP contribution in [0, 0.1) is 26.7 Å². The Morgan fingerprint density at radius 2 is 1.80 bits per heavy atom. The average molecular weight is 446 g/mol. The monoisotopic (exact) mass is 445 g/mol. The van der Waals surface area contributed by atoms with Crippen molar-refractivity contribution in [3.05, 3.63) is 64.3 Å². The molecular formula is C23H24ClNO4S. The summed E-state index contributed by atoms with van der Waals surface area (Å²) < 4.78 is 33.2. The molecule has 30 heavy (non-hydrogen) atoms. The highest BCUT2D eigenvalue weighted by molar-refractivity contribution is 7.90. The smallest absolute Gasteiger partial charge is 0.268 e. The molecule has 1 aliphatic carbocycles. The Labute approximate surface area is 181 Å². The highest BCUT2D eigenvalue weighted by atomic mass is 35.5. The fourth-order valence-corrected chi connectivity index (χ4v) is 6.13. The van der Waals surface area contributed by atoms with E-state index in [4.69, 9.17) is 11.9 Å². The third-order valence-corrected chi connectivity index (χ3v) is 7.75. The first-order valence-corrected chi connectivity index (χ1v) is 11.7. The molecule has 7 heteroatoms. The van der Waals surface area contributed by atoms with E-state index in [9.17, 15) is 13.2 Å². The number of halogens is 1. The Bertz CT molecular complexity index is 1230. The maximum atomic E-state index is 13.7. The molecule has 1 aromatic heterocycles. The van der Waals surface area contributed by atoms with Gasteiger partial charge in [0, 0.05) is 17.1 Å². The van der Waals surface area contributed by atoms with Crippen molar-refractivity contribution in [2.75, 3.05) is 6.61 Å². The van der Waals surface area contributed by atoms with Gasteiger partial charge in [0.25, 0.3) is 10.0 Å². The fourth-order valence-electron chi connectivity index (χ4n) is 4.25. The Morgan fingerprint density at radius 3 is 2.40 bits per heavy atom. The number of fused-ring (bicyclic) bond motifs is 1. The summed E-state index contributed by atoms with van der Waals surface area (Å²) in [7, 11) is -3.91. The SMILES string of the molecule is Cc1cc(C)c(S(=O)(=O)n2cc(C(=O)COCl)c3ccc(CC4CC4)cc32)c(C)c1. The van der Waals surface area contributed by atoms with E-state index in [1.807, 2.05) is 37.3 Å². The zero-order chi connectivity index (χ0) is 21.6. The molecule has 158 valence electrons. The number of carbonyl (C=O) groups excluding carboxylic acids is 1. The van der Waals surface area contributed by atoms with E-state index in [1.54, 1.807) is 13.8 Å². The van der Waals surface area contributed by atoms with Crippen LogP contribution in [-0.2, 0) is 20.7 Å². The van der Waals surface area contributed by atoms with Crippen molar-refractivity contribution in [3.63, 3.8) is 0 Å². The summed E-state index contributed by atoms with van der Waals surface area (Å²) in [5.41, 5.74) is 4.23. The van der Waals surface area contributed by atoms with E-state index in [0.717, 1.165) is 17.5 Å². The van der Waals surface area contributed by atoms with E-state index >= 15 is 0 Å². The molecule has 0 radical (unpaired) electrons. The van der Waals surface area contributed by atoms with Crippen LogP contribution in [0.4, 0.5) is 0 Å². The van der Waals surface area contributed by atoms with Crippen molar-refractivity contribution in [2.45, 2.75) is 44.9 Å². The first-order valence-electron chi connectivity index (χ1n) is 9.96. The van der Waals surface area contributed by atoms with Gasteiger partial charge in [-0.1, -0.05) is 29.8 Å². The molecule has 0 aliphatic heterocycles. The molecule has 1 saturated carbocycles. The van der Waals surface area contributed by atoms with E-state index in [-0.39, 0.29) is 22.8 Å². The summed E-state index contributed by atoms with van der Waals surface area (Å²) in [6.45, 7) is 5.21. The standard InChI is InChI=1S/C23H24ClNO4S/c1-14-8-15(2)23(16(3)9-14)30(27,28)25-12-20(22(26)13-29-24)19-7-6-18(11-21(19)25)10-17-4-5-17/h6-9,11-12,17H,4-5,10,13H2,1-3H3. The van der Waals surface area contributed by atoms with Crippen LogP contribution in [0.1, 0.15) is 45.5 Å². The van der Waals surface area contributed by atoms with E-state index in [1.165, 1.54) is 23.0 Å². The molecule has 4 rings (SSSR count). The number of benzene rings is 2. The lowest BCUT2D eigenvalue weighted by molar-refractivity contribution is 0.0930. The zero-order valence-corrected chi connectivity index (χ0v) is 18.8. The van der Waals surface area contributed by atoms with Crippen LogP contribution in [0.25, 0.3) is 10.9 Å². The van der Waals surface area contributed by atoms with Crippen LogP contribution in [-0.4, -0.2) is 24.8 Å². The molecule has 0 spiro atoms. The fraction of sp³-hybridized carbons (Fsp3) is 0.348. The molecule has 0 N–H and O–H groups in total. The van der Waals surface area contributed by atoms with Gasteiger partial charge in [-0.05, 0) is 68.7 Å². The Kier molecular flexibility index (Phi) is 5.51. The number of rotatable bonds is 7. The number of aromatic nitrogens is 1. The van der Waals surface area contributed by atoms with Crippen LogP contribution in [0.2, 0.25) is 0 Å². The maximum absolute atomic E-state index is 13.7. The van der Waals surface area contributed by atoms with Crippen molar-refractivity contribution in [1.82, 2.24) is 3.97 Å². The second kappa shape index (κ2) is 7.84. The van der Waals surface area contributed by atoms with Gasteiger partial charge in [-0.2, -0.15) is 0 Å². The molecular weight excluding hydrogens is 422 g/mol. The van der Waals surface area contributed by atoms with Gasteiger partial charge in [0.1, 0.15) is 6.61 Å². The van der Waals surface area contributed by atoms with Gasteiger partial charge < -0.3 is 0 Å². The van der Waals surface area contributed by atoms with Gasteiger partial charge >= 0.3 is 0 Å². The molecule has 0 atom stereocenters. The van der Waals surface area contributed by atoms with E-state index < -0.39 is 10.0 Å². The van der Waals surface area contributed by atoms with Crippen molar-refractivity contribution >= 4 is 38.6 Å². The maximum Gasteiger partial charge on any atom is 0.268 e. The van der Waals surface area contributed by atoms with Gasteiger partial charge in [0.2, 0.25) is 0 Å². The van der Waals surface area contributed by atoms with Crippen LogP contribution in [0.15, 0.2) is 41.4 Å². The third-order valence-electron chi connectivity index (χ3n) is 5.67. The lowest BCUT2D eigenvalue weighted by atomic mass is 10.0. The minimum Gasteiger partial charge on any atom is -0.291 e. The first kappa shape index (κ1) is 21.1. The summed E-state index contributed by atoms with van der Waals surface area (Å²) in [4.78, 5) is 12.8. The van der Waals surface area contributed by atoms with Gasteiger partial charge in [-0.25, -0.2) is 12.4 Å². The van der Waals surface area contributed by atoms with Crippen molar-refractivity contribution in [3.8, 4) is 0 Å². The second-order valence-electron chi connectivity index (χ2n) is 8.25. The van der Waals surface area contributed by atoms with Crippen molar-refractivity contribution in [2.24, 2.45) is 5.92 Å². The summed E-state index contributed by atoms with van der Waals surface area (Å²) in [5.74, 6) is 0.297. The zero-order valence-electron chi connectivity index (χ0n) is 17.2. The molecule has 1 heterocycles. The number of nitrogens with zero attached hydrogens (tertiary/aromatic N) is 1. The molecule has 0 unspecified atom stereocenters. The number of Topliss-reactive ketones (excluding diaryl/α,β-unsaturated/α-hetero) is 1. The van der Waals surface area contributed by atoms with Crippen LogP contribution in [0.5, 0.6) is 0 Å². The van der Waals surface area contributed by atoms with Gasteiger partial charge in [-0.15, -0.1) is 0 Å². The predicted octanol–water partition coefficient (Wildman–Crippen LogP) is 5.11. The molecule has 2 aromatic carbocycles. The first-order chi connectivity index (χ1) is 14.2. The number of hydrogen-bond donors (Lipinski definition) is 0. The minimum atomic E-state index is -3.91. The van der Waals surface area contributed by atoms with Gasteiger partial charge in [-0.3, -0.25) is 9.08 Å². The minimum absolute atomic E-state index is 0.269. The molecule has 0 amide bonds. The molecule has 5 nitrogen and oxygen atoms in total. The van der Waals surface area contributed by atoms with Crippen molar-refractivity contribution < 1.29 is 17.5 Å². The molecule has 1 fully saturated rings. The average Bonchev–Trinajstić information content (AvgIpc) is 3.37. The summed E-state index contributed by atoms with van der Waals surface area (Å²) >= 11 is 5.29. The number of ketones is 1. The Hall–Kier alpha value is -2.15. The lowest BCUT2D eigenvalue weighted by Gasteiger charge is -2.14. The third kappa shape index (κ3) is 3.80. The largest absolute Gasteiger partial charge is 0.291 e. The van der Waals surface area contributed by atoms with E-state index in [2.05, 4.69) is 4.29 Å². The van der Waals surface area contributed by atoms with E-state index in [0.29, 0.717) is 27.9 Å². The van der Waals surface area contributed by atoms with Crippen LogP contribution < -0.4 is 0 Å². The predicted molar refractivity (Wildman–Crippen MR) is 118 cm³/mol. The lowest BCUT2D eigenvalue weighted by Crippen LogP contribution is -2.15. The number of carbonyl (C=O) groups is 1. The second-order valence-corrected chi connectivity index (χ2v) is 10.2. The Morgan fingerprint density at radius 1 is 1.13 bits per heavy atom. The normalized spacial score (nSPS) is 14.4. The topological polar surface area (TPSA) is 65.4 Å². The number of hydrogen-bond acceptors (Lipinski definition) is 4. The summed E-state index contributed by atoms with van der Waals surface area (Å²) in [6.07, 6.45) is 4.72. The highest BCUT2D eigenvalue weighted by Gasteiger charge is 2.28. The quantitative estimate of drug-likeness (QED) is 0.474. The molecule has 3 aromatic rings. The summed E-state index contributed by atoms with van der Waals surface area (Å²) in [6, 6.07) is 9.41. The Balaban J connectivity index is 1.95. The summed E-state index contributed by atoms with van der Waals surface area (Å²) in [5, 5.41) is 0.583. The highest BCUT2D eigenvalue weighted by Crippen LogP contribution is 2.35. The number of aryl methyl sites for hydroxylation is 3. The molecule has 0 bridgehead atoms. The van der Waals surface area contributed by atoms with Gasteiger partial charge in [0.05, 0.1) is 22.3 Å². The van der Waals surface area contributed by atoms with Gasteiger partial charge in [0.15, 0.2) is 5.78 Å². The molecule has 0 saturated heterocycles. The van der Waals surface area contributed by atoms with Crippen LogP contribution in [0.3, 0.4) is 0 Å². The van der Waals surface area contributed by atoms with Crippen LogP contribution >= 0.6 is 11.9 Å². The van der Waals surface area contributed by atoms with Crippen molar-refractivity contribution in [1.29, 1.82) is 0 Å².